The van der Waals surface area contributed by atoms with Crippen molar-refractivity contribution >= 4 is 22.8 Å². The molecule has 2 aromatic rings. The molecule has 0 saturated heterocycles. The minimum Gasteiger partial charge on any atom is -0.294 e. The number of aromatic nitrogens is 3. The average molecular weight is 184 g/mol. The lowest BCUT2D eigenvalue weighted by molar-refractivity contribution is 0.891. The molecule has 0 aliphatic rings. The predicted octanol–water partition coefficient (Wildman–Crippen LogP) is 0.915. The highest BCUT2D eigenvalue weighted by atomic mass is 35.5. The number of nitrogens with zero attached hydrogens (tertiary/aromatic N) is 2. The number of fused-ring (bicyclic) bond motifs is 1. The smallest absolute Gasteiger partial charge is 0.294 e. The molecule has 0 atom stereocenters. The van der Waals surface area contributed by atoms with Crippen molar-refractivity contribution in [2.45, 2.75) is 0 Å². The molecule has 2 heterocycles. The standard InChI is InChI=1S/C7H6ClN3O/c1-11-4-2-3-5(8)9-6(4)10-7(11)12/h2-3H,1H3,(H,9,10,12). The average Bonchev–Trinajstić information content (AvgIpc) is 2.28. The number of rotatable bonds is 0. The summed E-state index contributed by atoms with van der Waals surface area (Å²) in [6.07, 6.45) is 0. The van der Waals surface area contributed by atoms with Crippen LogP contribution >= 0.6 is 11.6 Å². The van der Waals surface area contributed by atoms with Crippen LogP contribution in [0, 0.1) is 0 Å². The largest absolute Gasteiger partial charge is 0.327 e. The molecule has 1 N–H and O–H groups in total. The zero-order valence-electron chi connectivity index (χ0n) is 6.34. The van der Waals surface area contributed by atoms with Gasteiger partial charge in [0.1, 0.15) is 5.15 Å². The third-order valence-corrected chi connectivity index (χ3v) is 1.94. The maximum atomic E-state index is 11.1. The summed E-state index contributed by atoms with van der Waals surface area (Å²) in [6, 6.07) is 3.40. The number of nitrogens with one attached hydrogen (secondary N) is 1. The Morgan fingerprint density at radius 1 is 1.58 bits per heavy atom. The van der Waals surface area contributed by atoms with Crippen LogP contribution < -0.4 is 5.69 Å². The van der Waals surface area contributed by atoms with Crippen LogP contribution in [0.1, 0.15) is 0 Å². The summed E-state index contributed by atoms with van der Waals surface area (Å²) in [5.74, 6) is 0. The van der Waals surface area contributed by atoms with Gasteiger partial charge in [-0.15, -0.1) is 0 Å². The fraction of sp³-hybridized carbons (Fsp3) is 0.143. The van der Waals surface area contributed by atoms with Crippen LogP contribution in [0.15, 0.2) is 16.9 Å². The minimum absolute atomic E-state index is 0.181. The van der Waals surface area contributed by atoms with Crippen molar-refractivity contribution in [1.29, 1.82) is 0 Å². The third kappa shape index (κ3) is 0.921. The molecule has 0 aliphatic carbocycles. The third-order valence-electron chi connectivity index (χ3n) is 1.73. The molecule has 12 heavy (non-hydrogen) atoms. The van der Waals surface area contributed by atoms with E-state index in [-0.39, 0.29) is 5.69 Å². The fourth-order valence-electron chi connectivity index (χ4n) is 1.09. The van der Waals surface area contributed by atoms with Gasteiger partial charge in [0.25, 0.3) is 0 Å². The van der Waals surface area contributed by atoms with Crippen LogP contribution in [-0.4, -0.2) is 14.5 Å². The van der Waals surface area contributed by atoms with Crippen molar-refractivity contribution in [3.05, 3.63) is 27.8 Å². The van der Waals surface area contributed by atoms with Gasteiger partial charge in [-0.25, -0.2) is 9.78 Å². The Hall–Kier alpha value is -1.29. The topological polar surface area (TPSA) is 50.7 Å². The molecule has 0 aliphatic heterocycles. The first-order chi connectivity index (χ1) is 5.68. The van der Waals surface area contributed by atoms with E-state index < -0.39 is 0 Å². The highest BCUT2D eigenvalue weighted by Crippen LogP contribution is 2.10. The summed E-state index contributed by atoms with van der Waals surface area (Å²) in [6.45, 7) is 0. The Balaban J connectivity index is 2.96. The maximum Gasteiger partial charge on any atom is 0.327 e. The Kier molecular flexibility index (Phi) is 1.44. The highest BCUT2D eigenvalue weighted by molar-refractivity contribution is 6.29. The molecule has 0 saturated carbocycles. The van der Waals surface area contributed by atoms with Gasteiger partial charge in [-0.1, -0.05) is 11.6 Å². The normalized spacial score (nSPS) is 10.8. The Labute approximate surface area is 72.8 Å². The van der Waals surface area contributed by atoms with Gasteiger partial charge < -0.3 is 0 Å². The van der Waals surface area contributed by atoms with Crippen molar-refractivity contribution in [2.75, 3.05) is 0 Å². The van der Waals surface area contributed by atoms with E-state index >= 15 is 0 Å². The number of aromatic amines is 1. The number of pyridine rings is 1. The monoisotopic (exact) mass is 183 g/mol. The lowest BCUT2D eigenvalue weighted by Gasteiger charge is -1.91. The van der Waals surface area contributed by atoms with Gasteiger partial charge in [-0.05, 0) is 12.1 Å². The van der Waals surface area contributed by atoms with E-state index in [1.165, 1.54) is 4.57 Å². The van der Waals surface area contributed by atoms with Crippen molar-refractivity contribution in [1.82, 2.24) is 14.5 Å². The van der Waals surface area contributed by atoms with Gasteiger partial charge in [0.2, 0.25) is 0 Å². The molecule has 0 bridgehead atoms. The van der Waals surface area contributed by atoms with E-state index in [0.717, 1.165) is 5.52 Å². The molecule has 0 amide bonds. The van der Waals surface area contributed by atoms with Gasteiger partial charge in [0, 0.05) is 7.05 Å². The molecule has 2 rings (SSSR count). The first kappa shape index (κ1) is 7.36. The maximum absolute atomic E-state index is 11.1. The van der Waals surface area contributed by atoms with E-state index in [2.05, 4.69) is 9.97 Å². The van der Waals surface area contributed by atoms with E-state index in [1.807, 2.05) is 0 Å². The Bertz CT molecular complexity index is 485. The van der Waals surface area contributed by atoms with Crippen molar-refractivity contribution < 1.29 is 0 Å². The van der Waals surface area contributed by atoms with E-state index in [1.54, 1.807) is 19.2 Å². The number of imidazole rings is 1. The Morgan fingerprint density at radius 3 is 3.08 bits per heavy atom. The predicted molar refractivity (Wildman–Crippen MR) is 46.3 cm³/mol. The van der Waals surface area contributed by atoms with Crippen LogP contribution in [0.5, 0.6) is 0 Å². The van der Waals surface area contributed by atoms with Gasteiger partial charge in [-0.2, -0.15) is 0 Å². The summed E-state index contributed by atoms with van der Waals surface area (Å²) in [5.41, 5.74) is 1.10. The van der Waals surface area contributed by atoms with Gasteiger partial charge in [-0.3, -0.25) is 9.55 Å². The molecule has 4 nitrogen and oxygen atoms in total. The molecule has 5 heteroatoms. The van der Waals surface area contributed by atoms with Gasteiger partial charge in [0.05, 0.1) is 5.52 Å². The number of hydrogen-bond acceptors (Lipinski definition) is 2. The number of H-pyrrole nitrogens is 1. The zero-order chi connectivity index (χ0) is 8.72. The summed E-state index contributed by atoms with van der Waals surface area (Å²) in [4.78, 5) is 17.6. The highest BCUT2D eigenvalue weighted by Gasteiger charge is 2.03. The van der Waals surface area contributed by atoms with Crippen LogP contribution in [0.4, 0.5) is 0 Å². The van der Waals surface area contributed by atoms with Gasteiger partial charge in [0.15, 0.2) is 5.65 Å². The lowest BCUT2D eigenvalue weighted by Crippen LogP contribution is -2.11. The summed E-state index contributed by atoms with van der Waals surface area (Å²) in [7, 11) is 1.68. The van der Waals surface area contributed by atoms with E-state index in [9.17, 15) is 4.79 Å². The number of halogens is 1. The van der Waals surface area contributed by atoms with Gasteiger partial charge >= 0.3 is 5.69 Å². The van der Waals surface area contributed by atoms with Crippen LogP contribution in [0.2, 0.25) is 5.15 Å². The SMILES string of the molecule is Cn1c(=O)[nH]c2nc(Cl)ccc21. The second-order valence-electron chi connectivity index (χ2n) is 2.49. The van der Waals surface area contributed by atoms with Crippen LogP contribution in [0.3, 0.4) is 0 Å². The first-order valence-electron chi connectivity index (χ1n) is 3.40. The van der Waals surface area contributed by atoms with Crippen molar-refractivity contribution in [2.24, 2.45) is 7.05 Å². The molecule has 2 aromatic heterocycles. The number of aryl methyl sites for hydroxylation is 1. The Morgan fingerprint density at radius 2 is 2.33 bits per heavy atom. The first-order valence-corrected chi connectivity index (χ1v) is 3.77. The van der Waals surface area contributed by atoms with Crippen LogP contribution in [0.25, 0.3) is 11.2 Å². The van der Waals surface area contributed by atoms with Crippen molar-refractivity contribution in [3.63, 3.8) is 0 Å². The summed E-state index contributed by atoms with van der Waals surface area (Å²) in [5, 5.41) is 0.379. The fourth-order valence-corrected chi connectivity index (χ4v) is 1.23. The second-order valence-corrected chi connectivity index (χ2v) is 2.88. The molecule has 62 valence electrons. The molecule has 0 radical (unpaired) electrons. The molecule has 0 spiro atoms. The molecular weight excluding hydrogens is 178 g/mol. The molecule has 0 unspecified atom stereocenters. The number of hydrogen-bond donors (Lipinski definition) is 1. The quantitative estimate of drug-likeness (QED) is 0.618. The summed E-state index contributed by atoms with van der Waals surface area (Å²) < 4.78 is 1.48. The summed E-state index contributed by atoms with van der Waals surface area (Å²) >= 11 is 5.64. The lowest BCUT2D eigenvalue weighted by atomic mass is 10.4. The molecule has 0 aromatic carbocycles. The molecule has 0 fully saturated rings. The minimum atomic E-state index is -0.181. The van der Waals surface area contributed by atoms with E-state index in [0.29, 0.717) is 10.8 Å². The molecular formula is C7H6ClN3O. The van der Waals surface area contributed by atoms with Crippen LogP contribution in [-0.2, 0) is 7.05 Å². The second kappa shape index (κ2) is 2.35. The van der Waals surface area contributed by atoms with Crippen molar-refractivity contribution in [3.8, 4) is 0 Å². The zero-order valence-corrected chi connectivity index (χ0v) is 7.09. The van der Waals surface area contributed by atoms with E-state index in [4.69, 9.17) is 11.6 Å².